The number of nitro groups is 1. The van der Waals surface area contributed by atoms with Crippen LogP contribution in [0.2, 0.25) is 0 Å². The Bertz CT molecular complexity index is 569. The molecule has 6 heteroatoms. The Morgan fingerprint density at radius 2 is 2.14 bits per heavy atom. The summed E-state index contributed by atoms with van der Waals surface area (Å²) in [5.41, 5.74) is 1.83. The largest absolute Gasteiger partial charge is 0.312 e. The van der Waals surface area contributed by atoms with E-state index in [0.717, 1.165) is 30.6 Å². The molecule has 0 aromatic heterocycles. The highest BCUT2D eigenvalue weighted by molar-refractivity contribution is 5.95. The van der Waals surface area contributed by atoms with Crippen LogP contribution in [-0.4, -0.2) is 30.0 Å². The van der Waals surface area contributed by atoms with Gasteiger partial charge in [0.15, 0.2) is 0 Å². The zero-order valence-corrected chi connectivity index (χ0v) is 11.9. The van der Waals surface area contributed by atoms with Gasteiger partial charge in [-0.3, -0.25) is 14.9 Å². The lowest BCUT2D eigenvalue weighted by molar-refractivity contribution is -0.384. The molecule has 1 aromatic rings. The fraction of sp³-hybridized carbons (Fsp3) is 0.533. The number of nitrogens with one attached hydrogen (secondary N) is 1. The summed E-state index contributed by atoms with van der Waals surface area (Å²) in [7, 11) is 0. The van der Waals surface area contributed by atoms with Gasteiger partial charge in [-0.05, 0) is 37.3 Å². The Hall–Kier alpha value is -1.95. The first-order chi connectivity index (χ1) is 10.1. The highest BCUT2D eigenvalue weighted by Crippen LogP contribution is 2.30. The van der Waals surface area contributed by atoms with Crippen molar-refractivity contribution in [2.75, 3.05) is 18.0 Å². The molecule has 0 bridgehead atoms. The number of fused-ring (bicyclic) bond motifs is 1. The lowest BCUT2D eigenvalue weighted by atomic mass is 10.1. The van der Waals surface area contributed by atoms with Crippen molar-refractivity contribution in [3.05, 3.63) is 33.9 Å². The summed E-state index contributed by atoms with van der Waals surface area (Å²) in [5, 5.41) is 14.3. The van der Waals surface area contributed by atoms with E-state index in [9.17, 15) is 14.9 Å². The number of aryl methyl sites for hydroxylation is 1. The first-order valence-corrected chi connectivity index (χ1v) is 7.46. The van der Waals surface area contributed by atoms with Gasteiger partial charge >= 0.3 is 0 Å². The Kier molecular flexibility index (Phi) is 3.88. The van der Waals surface area contributed by atoms with Gasteiger partial charge in [-0.15, -0.1) is 0 Å². The number of non-ortho nitro benzene ring substituents is 1. The summed E-state index contributed by atoms with van der Waals surface area (Å²) in [6.07, 6.45) is 4.41. The lowest BCUT2D eigenvalue weighted by Gasteiger charge is -2.23. The van der Waals surface area contributed by atoms with E-state index >= 15 is 0 Å². The predicted molar refractivity (Wildman–Crippen MR) is 79.4 cm³/mol. The van der Waals surface area contributed by atoms with E-state index in [1.54, 1.807) is 17.0 Å². The van der Waals surface area contributed by atoms with Crippen LogP contribution in [0.4, 0.5) is 11.4 Å². The lowest BCUT2D eigenvalue weighted by Crippen LogP contribution is -2.37. The van der Waals surface area contributed by atoms with Crippen LogP contribution in [0, 0.1) is 10.1 Å². The fourth-order valence-electron chi connectivity index (χ4n) is 2.76. The molecule has 1 aromatic carbocycles. The maximum Gasteiger partial charge on any atom is 0.269 e. The number of benzene rings is 1. The number of rotatable bonds is 5. The maximum atomic E-state index is 12.3. The molecule has 1 aliphatic heterocycles. The zero-order chi connectivity index (χ0) is 14.8. The van der Waals surface area contributed by atoms with Gasteiger partial charge in [0.2, 0.25) is 5.91 Å². The second-order valence-electron chi connectivity index (χ2n) is 5.70. The minimum absolute atomic E-state index is 0.0964. The molecule has 0 saturated heterocycles. The molecular formula is C15H19N3O3. The van der Waals surface area contributed by atoms with Gasteiger partial charge in [0, 0.05) is 43.4 Å². The normalized spacial score (nSPS) is 18.3. The minimum atomic E-state index is -0.383. The molecule has 3 rings (SSSR count). The monoisotopic (exact) mass is 289 g/mol. The number of nitro benzene ring substituents is 1. The fourth-order valence-corrected chi connectivity index (χ4v) is 2.76. The molecule has 2 aliphatic rings. The molecule has 1 amide bonds. The minimum Gasteiger partial charge on any atom is -0.312 e. The van der Waals surface area contributed by atoms with Crippen LogP contribution in [0.25, 0.3) is 0 Å². The average molecular weight is 289 g/mol. The Labute approximate surface area is 123 Å². The van der Waals surface area contributed by atoms with E-state index in [-0.39, 0.29) is 16.5 Å². The van der Waals surface area contributed by atoms with Crippen molar-refractivity contribution in [1.29, 1.82) is 0 Å². The van der Waals surface area contributed by atoms with Crippen molar-refractivity contribution in [2.24, 2.45) is 0 Å². The predicted octanol–water partition coefficient (Wildman–Crippen LogP) is 2.02. The van der Waals surface area contributed by atoms with Crippen molar-refractivity contribution in [2.45, 2.75) is 38.1 Å². The van der Waals surface area contributed by atoms with Crippen LogP contribution in [-0.2, 0) is 11.2 Å². The number of nitrogens with zero attached hydrogens (tertiary/aromatic N) is 2. The van der Waals surface area contributed by atoms with Crippen molar-refractivity contribution in [3.63, 3.8) is 0 Å². The van der Waals surface area contributed by atoms with Crippen LogP contribution in [0.5, 0.6) is 0 Å². The number of anilines is 1. The van der Waals surface area contributed by atoms with Crippen LogP contribution < -0.4 is 10.2 Å². The summed E-state index contributed by atoms with van der Waals surface area (Å²) in [4.78, 5) is 24.5. The topological polar surface area (TPSA) is 75.5 Å². The molecule has 1 aliphatic carbocycles. The van der Waals surface area contributed by atoms with Crippen LogP contribution in [0.3, 0.4) is 0 Å². The van der Waals surface area contributed by atoms with Crippen molar-refractivity contribution >= 4 is 17.3 Å². The van der Waals surface area contributed by atoms with Gasteiger partial charge in [0.25, 0.3) is 5.69 Å². The van der Waals surface area contributed by atoms with Gasteiger partial charge in [-0.25, -0.2) is 0 Å². The standard InChI is InChI=1S/C15H19N3O3/c19-15-3-1-2-11-10-13(18(20)21)6-7-14(11)17(15)9-8-16-12-4-5-12/h6-7,10,12,16H,1-5,8-9H2. The van der Waals surface area contributed by atoms with Crippen molar-refractivity contribution in [1.82, 2.24) is 5.32 Å². The summed E-state index contributed by atoms with van der Waals surface area (Å²) >= 11 is 0. The third-order valence-electron chi connectivity index (χ3n) is 4.05. The molecule has 1 fully saturated rings. The Balaban J connectivity index is 1.80. The number of carbonyl (C=O) groups excluding carboxylic acids is 1. The van der Waals surface area contributed by atoms with Crippen LogP contribution in [0.15, 0.2) is 18.2 Å². The summed E-state index contributed by atoms with van der Waals surface area (Å²) in [6, 6.07) is 5.42. The average Bonchev–Trinajstić information content (AvgIpc) is 3.28. The molecular weight excluding hydrogens is 270 g/mol. The second kappa shape index (κ2) is 5.81. The van der Waals surface area contributed by atoms with E-state index < -0.39 is 0 Å². The number of carbonyl (C=O) groups is 1. The van der Waals surface area contributed by atoms with Gasteiger partial charge in [-0.1, -0.05) is 0 Å². The molecule has 112 valence electrons. The second-order valence-corrected chi connectivity index (χ2v) is 5.70. The molecule has 0 atom stereocenters. The van der Waals surface area contributed by atoms with E-state index in [1.807, 2.05) is 0 Å². The third-order valence-corrected chi connectivity index (χ3v) is 4.05. The van der Waals surface area contributed by atoms with Crippen molar-refractivity contribution in [3.8, 4) is 0 Å². The van der Waals surface area contributed by atoms with Crippen LogP contribution >= 0.6 is 0 Å². The van der Waals surface area contributed by atoms with Gasteiger partial charge < -0.3 is 10.2 Å². The summed E-state index contributed by atoms with van der Waals surface area (Å²) < 4.78 is 0. The van der Waals surface area contributed by atoms with E-state index in [4.69, 9.17) is 0 Å². The molecule has 0 radical (unpaired) electrons. The number of hydrogen-bond donors (Lipinski definition) is 1. The molecule has 1 saturated carbocycles. The molecule has 1 N–H and O–H groups in total. The third kappa shape index (κ3) is 3.21. The zero-order valence-electron chi connectivity index (χ0n) is 11.9. The molecule has 0 unspecified atom stereocenters. The van der Waals surface area contributed by atoms with E-state index in [0.29, 0.717) is 19.0 Å². The quantitative estimate of drug-likeness (QED) is 0.664. The van der Waals surface area contributed by atoms with Gasteiger partial charge in [-0.2, -0.15) is 0 Å². The first kappa shape index (κ1) is 14.0. The molecule has 21 heavy (non-hydrogen) atoms. The maximum absolute atomic E-state index is 12.3. The van der Waals surface area contributed by atoms with Crippen molar-refractivity contribution < 1.29 is 9.72 Å². The Morgan fingerprint density at radius 3 is 2.86 bits per heavy atom. The highest BCUT2D eigenvalue weighted by Gasteiger charge is 2.25. The van der Waals surface area contributed by atoms with Crippen LogP contribution in [0.1, 0.15) is 31.2 Å². The summed E-state index contributed by atoms with van der Waals surface area (Å²) in [6.45, 7) is 1.40. The smallest absolute Gasteiger partial charge is 0.269 e. The number of hydrogen-bond acceptors (Lipinski definition) is 4. The summed E-state index contributed by atoms with van der Waals surface area (Å²) in [5.74, 6) is 0.111. The van der Waals surface area contributed by atoms with E-state index in [1.165, 1.54) is 18.9 Å². The highest BCUT2D eigenvalue weighted by atomic mass is 16.6. The molecule has 1 heterocycles. The van der Waals surface area contributed by atoms with Gasteiger partial charge in [0.1, 0.15) is 0 Å². The Morgan fingerprint density at radius 1 is 1.33 bits per heavy atom. The first-order valence-electron chi connectivity index (χ1n) is 7.46. The van der Waals surface area contributed by atoms with Gasteiger partial charge in [0.05, 0.1) is 4.92 Å². The number of amides is 1. The molecule has 6 nitrogen and oxygen atoms in total. The van der Waals surface area contributed by atoms with E-state index in [2.05, 4.69) is 5.32 Å². The SMILES string of the molecule is O=C1CCCc2cc([N+](=O)[O-])ccc2N1CCNC1CC1. The molecule has 0 spiro atoms.